The molecule has 0 radical (unpaired) electrons. The number of piperazine rings is 1. The van der Waals surface area contributed by atoms with Gasteiger partial charge in [-0.05, 0) is 32.8 Å². The predicted octanol–water partition coefficient (Wildman–Crippen LogP) is 0.950. The SMILES string of the molecule is Cc1cc(S(=O)(=O)N2CCN(CC(=O)NC3CC3)CC2)c(C)s1. The van der Waals surface area contributed by atoms with Crippen molar-refractivity contribution in [3.63, 3.8) is 0 Å². The maximum absolute atomic E-state index is 12.7. The Labute approximate surface area is 141 Å². The van der Waals surface area contributed by atoms with Crippen LogP contribution in [0.4, 0.5) is 0 Å². The van der Waals surface area contributed by atoms with Crippen molar-refractivity contribution >= 4 is 27.3 Å². The van der Waals surface area contributed by atoms with E-state index in [9.17, 15) is 13.2 Å². The van der Waals surface area contributed by atoms with E-state index in [0.717, 1.165) is 22.6 Å². The van der Waals surface area contributed by atoms with Crippen molar-refractivity contribution in [2.24, 2.45) is 0 Å². The van der Waals surface area contributed by atoms with Gasteiger partial charge < -0.3 is 5.32 Å². The molecule has 1 saturated heterocycles. The molecular weight excluding hydrogens is 334 g/mol. The van der Waals surface area contributed by atoms with Gasteiger partial charge in [-0.1, -0.05) is 0 Å². The number of hydrogen-bond donors (Lipinski definition) is 1. The van der Waals surface area contributed by atoms with Gasteiger partial charge in [0.25, 0.3) is 0 Å². The summed E-state index contributed by atoms with van der Waals surface area (Å²) >= 11 is 1.51. The molecule has 0 bridgehead atoms. The van der Waals surface area contributed by atoms with E-state index in [1.54, 1.807) is 6.07 Å². The number of aryl methyl sites for hydroxylation is 2. The summed E-state index contributed by atoms with van der Waals surface area (Å²) in [7, 11) is -3.42. The summed E-state index contributed by atoms with van der Waals surface area (Å²) in [5.41, 5.74) is 0. The van der Waals surface area contributed by atoms with Crippen molar-refractivity contribution in [3.8, 4) is 0 Å². The molecule has 2 heterocycles. The summed E-state index contributed by atoms with van der Waals surface area (Å²) in [4.78, 5) is 16.1. The molecule has 1 aliphatic carbocycles. The number of thiophene rings is 1. The fourth-order valence-corrected chi connectivity index (χ4v) is 5.78. The van der Waals surface area contributed by atoms with Gasteiger partial charge in [0.1, 0.15) is 0 Å². The Hall–Kier alpha value is -0.960. The van der Waals surface area contributed by atoms with E-state index in [1.807, 2.05) is 18.7 Å². The number of amides is 1. The quantitative estimate of drug-likeness (QED) is 0.852. The molecule has 2 aliphatic rings. The van der Waals surface area contributed by atoms with Crippen LogP contribution in [0.25, 0.3) is 0 Å². The molecule has 128 valence electrons. The van der Waals surface area contributed by atoms with Crippen LogP contribution in [0, 0.1) is 13.8 Å². The van der Waals surface area contributed by atoms with E-state index in [-0.39, 0.29) is 5.91 Å². The van der Waals surface area contributed by atoms with Crippen LogP contribution in [-0.4, -0.2) is 62.3 Å². The third-order valence-electron chi connectivity index (χ3n) is 4.25. The van der Waals surface area contributed by atoms with Crippen LogP contribution in [0.2, 0.25) is 0 Å². The molecule has 8 heteroatoms. The first-order valence-corrected chi connectivity index (χ1v) is 10.2. The zero-order valence-electron chi connectivity index (χ0n) is 13.5. The third-order valence-corrected chi connectivity index (χ3v) is 7.37. The van der Waals surface area contributed by atoms with Gasteiger partial charge in [0.05, 0.1) is 11.4 Å². The van der Waals surface area contributed by atoms with Crippen molar-refractivity contribution in [2.75, 3.05) is 32.7 Å². The van der Waals surface area contributed by atoms with Crippen molar-refractivity contribution in [2.45, 2.75) is 37.6 Å². The third kappa shape index (κ3) is 3.93. The Bertz CT molecular complexity index is 687. The number of nitrogens with one attached hydrogen (secondary N) is 1. The fourth-order valence-electron chi connectivity index (χ4n) is 2.83. The van der Waals surface area contributed by atoms with Crippen LogP contribution in [-0.2, 0) is 14.8 Å². The standard InChI is InChI=1S/C15H23N3O3S2/c1-11-9-14(12(2)22-11)23(20,21)18-7-5-17(6-8-18)10-15(19)16-13-3-4-13/h9,13H,3-8,10H2,1-2H3,(H,16,19). The highest BCUT2D eigenvalue weighted by Crippen LogP contribution is 2.28. The van der Waals surface area contributed by atoms with Crippen molar-refractivity contribution in [1.82, 2.24) is 14.5 Å². The molecule has 23 heavy (non-hydrogen) atoms. The number of sulfonamides is 1. The van der Waals surface area contributed by atoms with Gasteiger partial charge in [-0.25, -0.2) is 8.42 Å². The Kier molecular flexibility index (Phi) is 4.78. The number of carbonyl (C=O) groups excluding carboxylic acids is 1. The Balaban J connectivity index is 1.57. The first kappa shape index (κ1) is 16.9. The average molecular weight is 358 g/mol. The van der Waals surface area contributed by atoms with E-state index < -0.39 is 10.0 Å². The summed E-state index contributed by atoms with van der Waals surface area (Å²) in [5, 5.41) is 2.97. The smallest absolute Gasteiger partial charge is 0.244 e. The lowest BCUT2D eigenvalue weighted by Crippen LogP contribution is -2.51. The lowest BCUT2D eigenvalue weighted by Gasteiger charge is -2.33. The minimum absolute atomic E-state index is 0.0492. The molecule has 1 N–H and O–H groups in total. The van der Waals surface area contributed by atoms with Crippen LogP contribution >= 0.6 is 11.3 Å². The molecule has 1 aliphatic heterocycles. The molecule has 0 unspecified atom stereocenters. The van der Waals surface area contributed by atoms with Gasteiger partial charge in [-0.3, -0.25) is 9.69 Å². The minimum Gasteiger partial charge on any atom is -0.352 e. The van der Waals surface area contributed by atoms with Gasteiger partial charge in [0.15, 0.2) is 0 Å². The number of hydrogen-bond acceptors (Lipinski definition) is 5. The Morgan fingerprint density at radius 3 is 2.43 bits per heavy atom. The van der Waals surface area contributed by atoms with Crippen LogP contribution in [0.3, 0.4) is 0 Å². The summed E-state index contributed by atoms with van der Waals surface area (Å²) in [6, 6.07) is 2.12. The number of nitrogens with zero attached hydrogens (tertiary/aromatic N) is 2. The van der Waals surface area contributed by atoms with Crippen LogP contribution in [0.15, 0.2) is 11.0 Å². The first-order chi connectivity index (χ1) is 10.9. The summed E-state index contributed by atoms with van der Waals surface area (Å²) in [5.74, 6) is 0.0492. The molecule has 1 amide bonds. The minimum atomic E-state index is -3.42. The molecule has 2 fully saturated rings. The molecule has 1 saturated carbocycles. The van der Waals surface area contributed by atoms with Crippen LogP contribution < -0.4 is 5.32 Å². The molecule has 3 rings (SSSR count). The Morgan fingerprint density at radius 1 is 1.26 bits per heavy atom. The van der Waals surface area contributed by atoms with Gasteiger partial charge in [0, 0.05) is 42.0 Å². The van der Waals surface area contributed by atoms with Gasteiger partial charge in [-0.15, -0.1) is 11.3 Å². The van der Waals surface area contributed by atoms with E-state index in [0.29, 0.717) is 43.7 Å². The topological polar surface area (TPSA) is 69.7 Å². The molecular formula is C15H23N3O3S2. The van der Waals surface area contributed by atoms with Crippen molar-refractivity contribution in [1.29, 1.82) is 0 Å². The lowest BCUT2D eigenvalue weighted by atomic mass is 10.3. The molecule has 1 aromatic rings. The summed E-state index contributed by atoms with van der Waals surface area (Å²) < 4.78 is 27.0. The van der Waals surface area contributed by atoms with E-state index in [1.165, 1.54) is 15.6 Å². The molecule has 6 nitrogen and oxygen atoms in total. The maximum atomic E-state index is 12.7. The van der Waals surface area contributed by atoms with Gasteiger partial charge in [0.2, 0.25) is 15.9 Å². The Morgan fingerprint density at radius 2 is 1.91 bits per heavy atom. The molecule has 1 aromatic heterocycles. The van der Waals surface area contributed by atoms with Crippen molar-refractivity contribution in [3.05, 3.63) is 15.8 Å². The van der Waals surface area contributed by atoms with Crippen LogP contribution in [0.1, 0.15) is 22.6 Å². The maximum Gasteiger partial charge on any atom is 0.244 e. The van der Waals surface area contributed by atoms with E-state index in [2.05, 4.69) is 5.32 Å². The summed E-state index contributed by atoms with van der Waals surface area (Å²) in [6.45, 7) is 6.21. The van der Waals surface area contributed by atoms with E-state index in [4.69, 9.17) is 0 Å². The first-order valence-electron chi connectivity index (χ1n) is 7.95. The normalized spacial score (nSPS) is 20.6. The van der Waals surface area contributed by atoms with Gasteiger partial charge in [-0.2, -0.15) is 4.31 Å². The lowest BCUT2D eigenvalue weighted by molar-refractivity contribution is -0.122. The van der Waals surface area contributed by atoms with Gasteiger partial charge >= 0.3 is 0 Å². The zero-order valence-corrected chi connectivity index (χ0v) is 15.2. The second-order valence-corrected chi connectivity index (χ2v) is 9.67. The number of rotatable bonds is 5. The van der Waals surface area contributed by atoms with Crippen molar-refractivity contribution < 1.29 is 13.2 Å². The average Bonchev–Trinajstić information content (AvgIpc) is 3.21. The second-order valence-electron chi connectivity index (χ2n) is 6.30. The molecule has 0 aromatic carbocycles. The largest absolute Gasteiger partial charge is 0.352 e. The molecule has 0 spiro atoms. The fraction of sp³-hybridized carbons (Fsp3) is 0.667. The van der Waals surface area contributed by atoms with E-state index >= 15 is 0 Å². The highest BCUT2D eigenvalue weighted by molar-refractivity contribution is 7.89. The highest BCUT2D eigenvalue weighted by Gasteiger charge is 2.31. The zero-order chi connectivity index (χ0) is 16.6. The summed E-state index contributed by atoms with van der Waals surface area (Å²) in [6.07, 6.45) is 2.16. The predicted molar refractivity (Wildman–Crippen MR) is 90.2 cm³/mol. The van der Waals surface area contributed by atoms with Crippen LogP contribution in [0.5, 0.6) is 0 Å². The number of carbonyl (C=O) groups is 1. The highest BCUT2D eigenvalue weighted by atomic mass is 32.2. The monoisotopic (exact) mass is 357 g/mol. The second kappa shape index (κ2) is 6.51. The molecule has 0 atom stereocenters.